The first-order valence-electron chi connectivity index (χ1n) is 2.11. The Morgan fingerprint density at radius 1 is 1.00 bits per heavy atom. The van der Waals surface area contributed by atoms with Crippen LogP contribution in [0.25, 0.3) is 0 Å². The van der Waals surface area contributed by atoms with Crippen LogP contribution in [0.4, 0.5) is 0 Å². The second-order valence-corrected chi connectivity index (χ2v) is 1.31. The van der Waals surface area contributed by atoms with E-state index in [-0.39, 0.29) is 57.0 Å². The van der Waals surface area contributed by atoms with Crippen molar-refractivity contribution in [3.05, 3.63) is 30.3 Å². The van der Waals surface area contributed by atoms with E-state index >= 15 is 0 Å². The smallest absolute Gasteiger partial charge is 0.872 e. The predicted octanol–water partition coefficient (Wildman–Crippen LogP) is 0.109. The van der Waals surface area contributed by atoms with Crippen LogP contribution in [0.5, 0.6) is 5.75 Å². The number of hydrogen-bond acceptors (Lipinski definition) is 2. The Balaban J connectivity index is 0. The maximum atomic E-state index is 10.3. The monoisotopic (exact) mass is 166 g/mol. The molecule has 0 atom stereocenters. The third-order valence-corrected chi connectivity index (χ3v) is 0.743. The number of benzene rings is 1. The van der Waals surface area contributed by atoms with Gasteiger partial charge in [0, 0.05) is 0 Å². The van der Waals surface area contributed by atoms with Crippen LogP contribution >= 0.6 is 0 Å². The molecule has 3 heteroatoms. The zero-order valence-corrected chi connectivity index (χ0v) is 8.05. The van der Waals surface area contributed by atoms with E-state index in [4.69, 9.17) is 0 Å². The third kappa shape index (κ3) is 5.09. The zero-order chi connectivity index (χ0) is 5.11. The van der Waals surface area contributed by atoms with Gasteiger partial charge in [-0.05, 0) is 0 Å². The molecule has 0 saturated carbocycles. The van der Waals surface area contributed by atoms with Crippen LogP contribution in [0.2, 0.25) is 0 Å². The molecule has 0 heterocycles. The molecule has 0 radical (unpaired) electrons. The fourth-order valence-corrected chi connectivity index (χ4v) is 0.420. The molecule has 9 heavy (non-hydrogen) atoms. The van der Waals surface area contributed by atoms with Gasteiger partial charge in [-0.3, -0.25) is 0 Å². The Hall–Kier alpha value is 0.630. The first kappa shape index (κ1) is 12.3. The maximum absolute atomic E-state index is 10.3. The van der Waals surface area contributed by atoms with E-state index in [2.05, 4.69) is 0 Å². The van der Waals surface area contributed by atoms with Crippen molar-refractivity contribution >= 4 is 51.2 Å². The molecule has 0 aliphatic rings. The van der Waals surface area contributed by atoms with E-state index in [1.54, 1.807) is 12.1 Å². The molecular weight excluding hydrogens is 160 g/mol. The van der Waals surface area contributed by atoms with E-state index < -0.39 is 0 Å². The van der Waals surface area contributed by atoms with Crippen molar-refractivity contribution in [3.8, 4) is 5.75 Å². The van der Waals surface area contributed by atoms with E-state index in [1.165, 1.54) is 12.1 Å². The van der Waals surface area contributed by atoms with Crippen molar-refractivity contribution in [2.75, 3.05) is 0 Å². The second kappa shape index (κ2) is 6.75. The van der Waals surface area contributed by atoms with Gasteiger partial charge in [-0.25, -0.2) is 0 Å². The second-order valence-electron chi connectivity index (χ2n) is 1.31. The molecule has 0 unspecified atom stereocenters. The molecule has 1 aromatic rings. The van der Waals surface area contributed by atoms with Crippen LogP contribution in [0, 0.1) is 0 Å². The Kier molecular flexibility index (Phi) is 9.23. The van der Waals surface area contributed by atoms with E-state index in [9.17, 15) is 5.11 Å². The van der Waals surface area contributed by atoms with Crippen LogP contribution in [-0.4, -0.2) is 37.7 Å². The van der Waals surface area contributed by atoms with E-state index in [1.807, 2.05) is 6.07 Å². The number of rotatable bonds is 0. The Morgan fingerprint density at radius 3 is 1.67 bits per heavy atom. The van der Waals surface area contributed by atoms with Gasteiger partial charge >= 0.3 is 37.7 Å². The molecule has 44 valence electrons. The number of hydrogen-bond donors (Lipinski definition) is 0. The summed E-state index contributed by atoms with van der Waals surface area (Å²) in [6.45, 7) is 0. The van der Waals surface area contributed by atoms with Gasteiger partial charge in [0.15, 0.2) is 0 Å². The summed E-state index contributed by atoms with van der Waals surface area (Å²) in [5, 5.41) is 10.3. The Morgan fingerprint density at radius 2 is 1.44 bits per heavy atom. The van der Waals surface area contributed by atoms with Gasteiger partial charge < -0.3 is 18.6 Å². The summed E-state index contributed by atoms with van der Waals surface area (Å²) in [5.74, 6) is 0.0718. The zero-order valence-electron chi connectivity index (χ0n) is 4.95. The molecule has 1 aromatic carbocycles. The van der Waals surface area contributed by atoms with Gasteiger partial charge in [-0.1, -0.05) is 30.3 Å². The predicted molar refractivity (Wildman–Crippen MR) is 40.4 cm³/mol. The van der Waals surface area contributed by atoms with Gasteiger partial charge in [0.1, 0.15) is 0 Å². The first-order valence-corrected chi connectivity index (χ1v) is 2.11. The van der Waals surface area contributed by atoms with Crippen LogP contribution in [0.15, 0.2) is 30.3 Å². The van der Waals surface area contributed by atoms with Gasteiger partial charge in [0.2, 0.25) is 0 Å². The van der Waals surface area contributed by atoms with Crippen LogP contribution in [0.3, 0.4) is 0 Å². The number of thiol groups is 1. The maximum Gasteiger partial charge on any atom is 2.00 e. The minimum absolute atomic E-state index is 0. The summed E-state index contributed by atoms with van der Waals surface area (Å²) >= 11 is 0. The van der Waals surface area contributed by atoms with Crippen molar-refractivity contribution in [2.45, 2.75) is 0 Å². The van der Waals surface area contributed by atoms with Crippen molar-refractivity contribution in [1.29, 1.82) is 0 Å². The molecule has 0 bridgehead atoms. The molecular formula is C6H6CaOS. The summed E-state index contributed by atoms with van der Waals surface area (Å²) in [7, 11) is 0. The molecule has 1 rings (SSSR count). The first-order chi connectivity index (χ1) is 3.39. The molecule has 0 saturated heterocycles. The largest absolute Gasteiger partial charge is 2.00 e. The fraction of sp³-hybridized carbons (Fsp3) is 0. The van der Waals surface area contributed by atoms with Crippen LogP contribution in [0.1, 0.15) is 0 Å². The average Bonchev–Trinajstić information content (AvgIpc) is 1.69. The van der Waals surface area contributed by atoms with Crippen molar-refractivity contribution < 1.29 is 5.11 Å². The van der Waals surface area contributed by atoms with Crippen molar-refractivity contribution in [1.82, 2.24) is 0 Å². The summed E-state index contributed by atoms with van der Waals surface area (Å²) < 4.78 is 0. The van der Waals surface area contributed by atoms with Gasteiger partial charge in [-0.15, -0.1) is 5.75 Å². The normalized spacial score (nSPS) is 6.67. The minimum Gasteiger partial charge on any atom is -0.872 e. The molecule has 0 aliphatic carbocycles. The fourth-order valence-electron chi connectivity index (χ4n) is 0.420. The van der Waals surface area contributed by atoms with Gasteiger partial charge in [0.25, 0.3) is 0 Å². The summed E-state index contributed by atoms with van der Waals surface area (Å²) in [6, 6.07) is 8.33. The Bertz CT molecular complexity index is 143. The molecule has 1 nitrogen and oxygen atoms in total. The molecule has 0 fully saturated rings. The average molecular weight is 166 g/mol. The van der Waals surface area contributed by atoms with E-state index in [0.717, 1.165) is 0 Å². The molecule has 0 N–H and O–H groups in total. The summed E-state index contributed by atoms with van der Waals surface area (Å²) in [6.07, 6.45) is 0. The van der Waals surface area contributed by atoms with Crippen molar-refractivity contribution in [3.63, 3.8) is 0 Å². The minimum atomic E-state index is 0. The topological polar surface area (TPSA) is 23.1 Å². The third-order valence-electron chi connectivity index (χ3n) is 0.743. The standard InChI is InChI=1S/C6H6O.Ca.H2S/c7-6-4-2-1-3-5-6;;/h1-5,7H;;1H2/q;+2;/p-2. The molecule has 0 aromatic heterocycles. The summed E-state index contributed by atoms with van der Waals surface area (Å²) in [4.78, 5) is 0. The van der Waals surface area contributed by atoms with Crippen LogP contribution in [-0.2, 0) is 13.5 Å². The van der Waals surface area contributed by atoms with Crippen LogP contribution < -0.4 is 5.11 Å². The molecule has 0 aliphatic heterocycles. The number of para-hydroxylation sites is 1. The van der Waals surface area contributed by atoms with Gasteiger partial charge in [0.05, 0.1) is 0 Å². The summed E-state index contributed by atoms with van der Waals surface area (Å²) in [5.41, 5.74) is 0. The molecule has 0 amide bonds. The SMILES string of the molecule is [Ca+2].[O-]c1ccccc1.[SH-]. The molecule has 0 spiro atoms. The quantitative estimate of drug-likeness (QED) is 0.310. The van der Waals surface area contributed by atoms with Gasteiger partial charge in [-0.2, -0.15) is 0 Å². The Labute approximate surface area is 91.5 Å². The van der Waals surface area contributed by atoms with E-state index in [0.29, 0.717) is 0 Å². The van der Waals surface area contributed by atoms with Crippen molar-refractivity contribution in [2.24, 2.45) is 0 Å².